The molecule has 0 aliphatic rings. The highest BCUT2D eigenvalue weighted by Crippen LogP contribution is 2.27. The van der Waals surface area contributed by atoms with Crippen LogP contribution >= 0.6 is 15.9 Å². The first kappa shape index (κ1) is 13.4. The van der Waals surface area contributed by atoms with E-state index in [1.54, 1.807) is 6.92 Å². The standard InChI is InChI=1S/C14H19BrO/c1-9(2)12-6-5-7-13(8-12)10(3)14(15)11(4)16/h5-10,14H,1-4H3. The highest BCUT2D eigenvalue weighted by atomic mass is 79.9. The molecule has 0 spiro atoms. The molecule has 1 nitrogen and oxygen atoms in total. The Labute approximate surface area is 106 Å². The lowest BCUT2D eigenvalue weighted by molar-refractivity contribution is -0.116. The zero-order valence-electron chi connectivity index (χ0n) is 10.3. The van der Waals surface area contributed by atoms with Crippen LogP contribution < -0.4 is 0 Å². The Balaban J connectivity index is 2.95. The van der Waals surface area contributed by atoms with E-state index in [0.29, 0.717) is 5.92 Å². The Morgan fingerprint density at radius 3 is 2.25 bits per heavy atom. The van der Waals surface area contributed by atoms with Gasteiger partial charge in [-0.2, -0.15) is 0 Å². The number of hydrogen-bond donors (Lipinski definition) is 0. The van der Waals surface area contributed by atoms with Crippen molar-refractivity contribution in [2.75, 3.05) is 0 Å². The number of carbonyl (C=O) groups excluding carboxylic acids is 1. The minimum absolute atomic E-state index is 0.0880. The maximum Gasteiger partial charge on any atom is 0.144 e. The summed E-state index contributed by atoms with van der Waals surface area (Å²) in [7, 11) is 0. The van der Waals surface area contributed by atoms with Crippen LogP contribution in [0.1, 0.15) is 50.7 Å². The van der Waals surface area contributed by atoms with E-state index in [0.717, 1.165) is 0 Å². The molecule has 0 N–H and O–H groups in total. The van der Waals surface area contributed by atoms with Gasteiger partial charge in [0.05, 0.1) is 4.83 Å². The molecule has 2 unspecified atom stereocenters. The van der Waals surface area contributed by atoms with Gasteiger partial charge in [0.1, 0.15) is 5.78 Å². The molecule has 0 saturated heterocycles. The van der Waals surface area contributed by atoms with Crippen LogP contribution in [0.5, 0.6) is 0 Å². The summed E-state index contributed by atoms with van der Waals surface area (Å²) >= 11 is 3.46. The molecule has 0 amide bonds. The van der Waals surface area contributed by atoms with E-state index < -0.39 is 0 Å². The number of carbonyl (C=O) groups is 1. The van der Waals surface area contributed by atoms with Gasteiger partial charge in [-0.25, -0.2) is 0 Å². The largest absolute Gasteiger partial charge is 0.299 e. The third kappa shape index (κ3) is 3.18. The summed E-state index contributed by atoms with van der Waals surface area (Å²) in [6.45, 7) is 8.07. The fourth-order valence-electron chi connectivity index (χ4n) is 1.72. The first-order valence-corrected chi connectivity index (χ1v) is 6.59. The zero-order chi connectivity index (χ0) is 12.3. The number of ketones is 1. The summed E-state index contributed by atoms with van der Waals surface area (Å²) in [4.78, 5) is 11.2. The van der Waals surface area contributed by atoms with Gasteiger partial charge in [-0.05, 0) is 24.0 Å². The van der Waals surface area contributed by atoms with E-state index in [9.17, 15) is 4.79 Å². The molecular formula is C14H19BrO. The van der Waals surface area contributed by atoms with Crippen molar-refractivity contribution in [2.24, 2.45) is 0 Å². The molecule has 1 aromatic rings. The second kappa shape index (κ2) is 5.62. The molecule has 16 heavy (non-hydrogen) atoms. The van der Waals surface area contributed by atoms with Gasteiger partial charge in [0.25, 0.3) is 0 Å². The van der Waals surface area contributed by atoms with E-state index in [-0.39, 0.29) is 16.5 Å². The van der Waals surface area contributed by atoms with E-state index in [2.05, 4.69) is 61.0 Å². The van der Waals surface area contributed by atoms with Crippen molar-refractivity contribution in [3.8, 4) is 0 Å². The Bertz CT molecular complexity index is 371. The quantitative estimate of drug-likeness (QED) is 0.754. The first-order chi connectivity index (χ1) is 7.43. The summed E-state index contributed by atoms with van der Waals surface area (Å²) in [6, 6.07) is 8.50. The number of benzene rings is 1. The summed E-state index contributed by atoms with van der Waals surface area (Å²) in [6.07, 6.45) is 0. The van der Waals surface area contributed by atoms with Crippen LogP contribution in [-0.2, 0) is 4.79 Å². The lowest BCUT2D eigenvalue weighted by Crippen LogP contribution is -2.17. The number of Topliss-reactive ketones (excluding diaryl/α,β-unsaturated/α-hetero) is 1. The van der Waals surface area contributed by atoms with E-state index >= 15 is 0 Å². The third-order valence-corrected chi connectivity index (χ3v) is 4.37. The van der Waals surface area contributed by atoms with Crippen LogP contribution in [0.15, 0.2) is 24.3 Å². The summed E-state index contributed by atoms with van der Waals surface area (Å²) < 4.78 is 0. The summed E-state index contributed by atoms with van der Waals surface area (Å²) in [5.74, 6) is 0.928. The molecule has 0 saturated carbocycles. The molecule has 2 atom stereocenters. The van der Waals surface area contributed by atoms with Crippen LogP contribution in [0.2, 0.25) is 0 Å². The Kier molecular flexibility index (Phi) is 4.72. The predicted molar refractivity (Wildman–Crippen MR) is 72.3 cm³/mol. The normalized spacial score (nSPS) is 14.9. The van der Waals surface area contributed by atoms with Crippen molar-refractivity contribution in [2.45, 2.75) is 44.4 Å². The average Bonchev–Trinajstić information content (AvgIpc) is 2.27. The molecule has 0 heterocycles. The molecule has 88 valence electrons. The van der Waals surface area contributed by atoms with Crippen molar-refractivity contribution in [1.82, 2.24) is 0 Å². The number of rotatable bonds is 4. The Hall–Kier alpha value is -0.630. The van der Waals surface area contributed by atoms with Gasteiger partial charge >= 0.3 is 0 Å². The number of hydrogen-bond acceptors (Lipinski definition) is 1. The monoisotopic (exact) mass is 282 g/mol. The third-order valence-electron chi connectivity index (χ3n) is 2.93. The van der Waals surface area contributed by atoms with Crippen molar-refractivity contribution >= 4 is 21.7 Å². The molecule has 1 rings (SSSR count). The lowest BCUT2D eigenvalue weighted by Gasteiger charge is -2.17. The molecule has 0 radical (unpaired) electrons. The molecule has 2 heteroatoms. The van der Waals surface area contributed by atoms with Crippen molar-refractivity contribution in [3.05, 3.63) is 35.4 Å². The van der Waals surface area contributed by atoms with Crippen LogP contribution in [-0.4, -0.2) is 10.6 Å². The van der Waals surface area contributed by atoms with Gasteiger partial charge < -0.3 is 0 Å². The molecule has 1 aromatic carbocycles. The fourth-order valence-corrected chi connectivity index (χ4v) is 2.03. The minimum Gasteiger partial charge on any atom is -0.299 e. The van der Waals surface area contributed by atoms with Gasteiger partial charge in [-0.1, -0.05) is 61.0 Å². The number of halogens is 1. The number of alkyl halides is 1. The van der Waals surface area contributed by atoms with Crippen LogP contribution in [0.3, 0.4) is 0 Å². The maximum atomic E-state index is 11.3. The summed E-state index contributed by atoms with van der Waals surface area (Å²) in [5, 5.41) is 0. The Morgan fingerprint density at radius 2 is 1.75 bits per heavy atom. The highest BCUT2D eigenvalue weighted by molar-refractivity contribution is 9.10. The zero-order valence-corrected chi connectivity index (χ0v) is 11.9. The molecule has 0 aliphatic carbocycles. The van der Waals surface area contributed by atoms with Crippen LogP contribution in [0, 0.1) is 0 Å². The van der Waals surface area contributed by atoms with Crippen LogP contribution in [0.4, 0.5) is 0 Å². The van der Waals surface area contributed by atoms with Crippen LogP contribution in [0.25, 0.3) is 0 Å². The van der Waals surface area contributed by atoms with Gasteiger partial charge in [0.2, 0.25) is 0 Å². The van der Waals surface area contributed by atoms with Crippen molar-refractivity contribution in [1.29, 1.82) is 0 Å². The van der Waals surface area contributed by atoms with Crippen molar-refractivity contribution in [3.63, 3.8) is 0 Å². The first-order valence-electron chi connectivity index (χ1n) is 5.68. The van der Waals surface area contributed by atoms with Gasteiger partial charge in [0.15, 0.2) is 0 Å². The van der Waals surface area contributed by atoms with Gasteiger partial charge in [-0.15, -0.1) is 0 Å². The smallest absolute Gasteiger partial charge is 0.144 e. The van der Waals surface area contributed by atoms with E-state index in [1.807, 2.05) is 0 Å². The van der Waals surface area contributed by atoms with E-state index in [1.165, 1.54) is 11.1 Å². The average molecular weight is 283 g/mol. The molecule has 0 aromatic heterocycles. The summed E-state index contributed by atoms with van der Waals surface area (Å²) in [5.41, 5.74) is 2.55. The predicted octanol–water partition coefficient (Wildman–Crippen LogP) is 4.27. The van der Waals surface area contributed by atoms with Gasteiger partial charge in [-0.3, -0.25) is 4.79 Å². The second-order valence-corrected chi connectivity index (χ2v) is 5.61. The van der Waals surface area contributed by atoms with Crippen molar-refractivity contribution < 1.29 is 4.79 Å². The van der Waals surface area contributed by atoms with E-state index in [4.69, 9.17) is 0 Å². The Morgan fingerprint density at radius 1 is 1.19 bits per heavy atom. The lowest BCUT2D eigenvalue weighted by atomic mass is 9.92. The highest BCUT2D eigenvalue weighted by Gasteiger charge is 2.20. The minimum atomic E-state index is -0.0880. The fraction of sp³-hybridized carbons (Fsp3) is 0.500. The SMILES string of the molecule is CC(=O)C(Br)C(C)c1cccc(C(C)C)c1. The molecule has 0 fully saturated rings. The second-order valence-electron chi connectivity index (χ2n) is 4.63. The maximum absolute atomic E-state index is 11.3. The topological polar surface area (TPSA) is 17.1 Å². The van der Waals surface area contributed by atoms with Gasteiger partial charge in [0, 0.05) is 5.92 Å². The molecular weight excluding hydrogens is 264 g/mol. The molecule has 0 bridgehead atoms. The molecule has 0 aliphatic heterocycles.